The number of hydrogen-bond donors (Lipinski definition) is 1. The molecule has 3 aromatic carbocycles. The molecule has 1 N–H and O–H groups in total. The third-order valence-corrected chi connectivity index (χ3v) is 5.62. The number of hydrazone groups is 1. The number of rotatable bonds is 7. The Hall–Kier alpha value is -2.64. The van der Waals surface area contributed by atoms with Crippen LogP contribution in [0, 0.1) is 6.92 Å². The number of aryl methyl sites for hydroxylation is 1. The lowest BCUT2D eigenvalue weighted by Gasteiger charge is -2.07. The third-order valence-electron chi connectivity index (χ3n) is 3.89. The fourth-order valence-corrected chi connectivity index (χ4v) is 3.62. The highest BCUT2D eigenvalue weighted by Crippen LogP contribution is 2.16. The van der Waals surface area contributed by atoms with E-state index >= 15 is 0 Å². The zero-order chi connectivity index (χ0) is 20.0. The maximum Gasteiger partial charge on any atom is 0.276 e. The number of benzene rings is 3. The molecule has 28 heavy (non-hydrogen) atoms. The van der Waals surface area contributed by atoms with Crippen molar-refractivity contribution in [2.24, 2.45) is 5.10 Å². The highest BCUT2D eigenvalue weighted by Gasteiger charge is 2.11. The molecule has 0 aromatic heterocycles. The minimum Gasteiger partial charge on any atom is -0.489 e. The molecule has 0 aliphatic carbocycles. The van der Waals surface area contributed by atoms with Crippen LogP contribution in [-0.2, 0) is 16.6 Å². The summed E-state index contributed by atoms with van der Waals surface area (Å²) < 4.78 is 31.1. The summed E-state index contributed by atoms with van der Waals surface area (Å²) in [6, 6.07) is 21.7. The lowest BCUT2D eigenvalue weighted by atomic mass is 10.2. The molecule has 0 saturated heterocycles. The number of sulfonamides is 1. The summed E-state index contributed by atoms with van der Waals surface area (Å²) in [7, 11) is -3.67. The van der Waals surface area contributed by atoms with Crippen molar-refractivity contribution in [2.75, 3.05) is 0 Å². The molecule has 0 aliphatic heterocycles. The summed E-state index contributed by atoms with van der Waals surface area (Å²) in [6.45, 7) is 2.36. The molecule has 144 valence electrons. The van der Waals surface area contributed by atoms with Gasteiger partial charge in [-0.3, -0.25) is 0 Å². The second-order valence-corrected chi connectivity index (χ2v) is 8.73. The maximum absolute atomic E-state index is 12.2. The van der Waals surface area contributed by atoms with Gasteiger partial charge in [0.15, 0.2) is 0 Å². The lowest BCUT2D eigenvalue weighted by Crippen LogP contribution is -2.18. The van der Waals surface area contributed by atoms with Gasteiger partial charge in [-0.05, 0) is 66.6 Å². The summed E-state index contributed by atoms with van der Waals surface area (Å²) in [6.07, 6.45) is 1.45. The van der Waals surface area contributed by atoms with Crippen molar-refractivity contribution in [3.05, 3.63) is 94.0 Å². The van der Waals surface area contributed by atoms with Crippen LogP contribution in [0.3, 0.4) is 0 Å². The van der Waals surface area contributed by atoms with E-state index in [1.54, 1.807) is 36.4 Å². The largest absolute Gasteiger partial charge is 0.489 e. The molecule has 0 heterocycles. The Kier molecular flexibility index (Phi) is 6.49. The van der Waals surface area contributed by atoms with Gasteiger partial charge >= 0.3 is 0 Å². The van der Waals surface area contributed by atoms with Crippen LogP contribution in [0.25, 0.3) is 0 Å². The standard InChI is InChI=1S/C21H19BrN2O3S/c1-16-5-11-21(12-6-16)28(25,26)24-23-14-17-7-9-20(10-8-17)27-15-18-3-2-4-19(22)13-18/h2-14,24H,15H2,1H3/b23-14+. The second-order valence-electron chi connectivity index (χ2n) is 6.15. The predicted octanol–water partition coefficient (Wildman–Crippen LogP) is 4.65. The Balaban J connectivity index is 1.57. The van der Waals surface area contributed by atoms with Gasteiger partial charge < -0.3 is 4.74 Å². The van der Waals surface area contributed by atoms with Crippen molar-refractivity contribution >= 4 is 32.2 Å². The van der Waals surface area contributed by atoms with E-state index in [0.717, 1.165) is 26.9 Å². The molecular formula is C21H19BrN2O3S. The monoisotopic (exact) mass is 458 g/mol. The fourth-order valence-electron chi connectivity index (χ4n) is 2.38. The van der Waals surface area contributed by atoms with Crippen molar-refractivity contribution in [1.29, 1.82) is 0 Å². The van der Waals surface area contributed by atoms with Gasteiger partial charge in [0.1, 0.15) is 12.4 Å². The Bertz CT molecular complexity index is 1060. The summed E-state index contributed by atoms with van der Waals surface area (Å²) in [5.74, 6) is 0.720. The molecule has 7 heteroatoms. The van der Waals surface area contributed by atoms with Crippen LogP contribution in [0.1, 0.15) is 16.7 Å². The van der Waals surface area contributed by atoms with Gasteiger partial charge in [0.05, 0.1) is 11.1 Å². The van der Waals surface area contributed by atoms with E-state index in [-0.39, 0.29) is 4.90 Å². The molecule has 0 fully saturated rings. The molecule has 5 nitrogen and oxygen atoms in total. The quantitative estimate of drug-likeness (QED) is 0.413. The minimum absolute atomic E-state index is 0.173. The zero-order valence-electron chi connectivity index (χ0n) is 15.2. The van der Waals surface area contributed by atoms with Gasteiger partial charge in [0.2, 0.25) is 0 Å². The maximum atomic E-state index is 12.2. The number of nitrogens with one attached hydrogen (secondary N) is 1. The van der Waals surface area contributed by atoms with Gasteiger partial charge in [0.25, 0.3) is 10.0 Å². The fraction of sp³-hybridized carbons (Fsp3) is 0.0952. The van der Waals surface area contributed by atoms with Gasteiger partial charge in [-0.1, -0.05) is 45.8 Å². The van der Waals surface area contributed by atoms with E-state index < -0.39 is 10.0 Å². The summed E-state index contributed by atoms with van der Waals surface area (Å²) in [5.41, 5.74) is 2.80. The Morgan fingerprint density at radius 2 is 1.75 bits per heavy atom. The predicted molar refractivity (Wildman–Crippen MR) is 114 cm³/mol. The van der Waals surface area contributed by atoms with Gasteiger partial charge in [-0.25, -0.2) is 4.83 Å². The molecule has 3 aromatic rings. The Labute approximate surface area is 173 Å². The van der Waals surface area contributed by atoms with Crippen molar-refractivity contribution in [3.8, 4) is 5.75 Å². The number of nitrogens with zero attached hydrogens (tertiary/aromatic N) is 1. The molecule has 0 aliphatic rings. The van der Waals surface area contributed by atoms with Crippen LogP contribution in [0.2, 0.25) is 0 Å². The molecule has 0 radical (unpaired) electrons. The first-order valence-electron chi connectivity index (χ1n) is 8.51. The second kappa shape index (κ2) is 9.03. The van der Waals surface area contributed by atoms with E-state index in [2.05, 4.69) is 25.9 Å². The lowest BCUT2D eigenvalue weighted by molar-refractivity contribution is 0.306. The van der Waals surface area contributed by atoms with Crippen molar-refractivity contribution in [3.63, 3.8) is 0 Å². The SMILES string of the molecule is Cc1ccc(S(=O)(=O)N/N=C/c2ccc(OCc3cccc(Br)c3)cc2)cc1. The van der Waals surface area contributed by atoms with Crippen molar-refractivity contribution in [2.45, 2.75) is 18.4 Å². The van der Waals surface area contributed by atoms with Crippen molar-refractivity contribution < 1.29 is 13.2 Å². The van der Waals surface area contributed by atoms with E-state index in [1.807, 2.05) is 43.3 Å². The Morgan fingerprint density at radius 3 is 2.43 bits per heavy atom. The molecule has 0 bridgehead atoms. The minimum atomic E-state index is -3.67. The third kappa shape index (κ3) is 5.68. The molecule has 0 saturated carbocycles. The summed E-state index contributed by atoms with van der Waals surface area (Å²) in [5, 5.41) is 3.84. The Morgan fingerprint density at radius 1 is 1.04 bits per heavy atom. The highest BCUT2D eigenvalue weighted by molar-refractivity contribution is 9.10. The highest BCUT2D eigenvalue weighted by atomic mass is 79.9. The molecule has 0 atom stereocenters. The van der Waals surface area contributed by atoms with Crippen LogP contribution in [0.15, 0.2) is 87.3 Å². The normalized spacial score (nSPS) is 11.5. The van der Waals surface area contributed by atoms with Crippen molar-refractivity contribution in [1.82, 2.24) is 4.83 Å². The zero-order valence-corrected chi connectivity index (χ0v) is 17.6. The first-order chi connectivity index (χ1) is 13.4. The molecule has 0 spiro atoms. The average Bonchev–Trinajstić information content (AvgIpc) is 2.68. The van der Waals surface area contributed by atoms with E-state index in [0.29, 0.717) is 6.61 Å². The van der Waals surface area contributed by atoms with Crippen LogP contribution in [-0.4, -0.2) is 14.6 Å². The van der Waals surface area contributed by atoms with Crippen LogP contribution in [0.4, 0.5) is 0 Å². The van der Waals surface area contributed by atoms with Crippen LogP contribution < -0.4 is 9.57 Å². The average molecular weight is 459 g/mol. The molecule has 3 rings (SSSR count). The number of hydrogen-bond acceptors (Lipinski definition) is 4. The van der Waals surface area contributed by atoms with Crippen LogP contribution >= 0.6 is 15.9 Å². The smallest absolute Gasteiger partial charge is 0.276 e. The van der Waals surface area contributed by atoms with E-state index in [4.69, 9.17) is 4.74 Å². The molecule has 0 amide bonds. The van der Waals surface area contributed by atoms with E-state index in [9.17, 15) is 8.42 Å². The molecular weight excluding hydrogens is 440 g/mol. The topological polar surface area (TPSA) is 67.8 Å². The van der Waals surface area contributed by atoms with Gasteiger partial charge in [0, 0.05) is 4.47 Å². The van der Waals surface area contributed by atoms with Gasteiger partial charge in [-0.2, -0.15) is 13.5 Å². The number of halogens is 1. The van der Waals surface area contributed by atoms with Crippen LogP contribution in [0.5, 0.6) is 5.75 Å². The molecule has 0 unspecified atom stereocenters. The number of ether oxygens (including phenoxy) is 1. The summed E-state index contributed by atoms with van der Waals surface area (Å²) >= 11 is 3.43. The van der Waals surface area contributed by atoms with Gasteiger partial charge in [-0.15, -0.1) is 0 Å². The van der Waals surface area contributed by atoms with E-state index in [1.165, 1.54) is 6.21 Å². The first-order valence-corrected chi connectivity index (χ1v) is 10.8. The summed E-state index contributed by atoms with van der Waals surface area (Å²) in [4.78, 5) is 2.39. The first kappa shape index (κ1) is 20.1.